The predicted molar refractivity (Wildman–Crippen MR) is 78.5 cm³/mol. The lowest BCUT2D eigenvalue weighted by Crippen LogP contribution is -2.49. The van der Waals surface area contributed by atoms with Crippen molar-refractivity contribution in [2.45, 2.75) is 33.3 Å². The fourth-order valence-electron chi connectivity index (χ4n) is 2.65. The number of oxime groups is 1. The molecule has 0 unspecified atom stereocenters. The quantitative estimate of drug-likeness (QED) is 0.370. The average Bonchev–Trinajstić information content (AvgIpc) is 2.35. The molecule has 2 heterocycles. The molecule has 1 aromatic heterocycles. The Morgan fingerprint density at radius 2 is 2.20 bits per heavy atom. The average molecular weight is 278 g/mol. The van der Waals surface area contributed by atoms with Gasteiger partial charge in [-0.25, -0.2) is 0 Å². The van der Waals surface area contributed by atoms with Crippen molar-refractivity contribution >= 4 is 11.5 Å². The third-order valence-electron chi connectivity index (χ3n) is 3.44. The Labute approximate surface area is 119 Å². The maximum atomic E-state index is 9.00. The standard InChI is InChI=1S/C14H22N4O2/c1-9-7-11(12(10(2)16-9)13(15)17-19)18-5-6-20-14(3,4)8-18/h7,19H,5-6,8H2,1-4H3,(H2,15,17). The van der Waals surface area contributed by atoms with Gasteiger partial charge in [0.2, 0.25) is 0 Å². The van der Waals surface area contributed by atoms with Crippen LogP contribution in [-0.4, -0.2) is 41.3 Å². The minimum atomic E-state index is -0.217. The lowest BCUT2D eigenvalue weighted by molar-refractivity contribution is -0.0277. The van der Waals surface area contributed by atoms with Crippen molar-refractivity contribution in [2.24, 2.45) is 10.9 Å². The number of anilines is 1. The SMILES string of the molecule is Cc1cc(N2CCOC(C)(C)C2)c(/C(N)=N/O)c(C)n1. The van der Waals surface area contributed by atoms with E-state index in [2.05, 4.69) is 28.9 Å². The molecule has 110 valence electrons. The fourth-order valence-corrected chi connectivity index (χ4v) is 2.65. The molecule has 1 fully saturated rings. The van der Waals surface area contributed by atoms with E-state index < -0.39 is 0 Å². The van der Waals surface area contributed by atoms with Crippen LogP contribution < -0.4 is 10.6 Å². The second-order valence-corrected chi connectivity index (χ2v) is 5.76. The molecule has 6 heteroatoms. The third kappa shape index (κ3) is 2.85. The Morgan fingerprint density at radius 3 is 2.80 bits per heavy atom. The van der Waals surface area contributed by atoms with E-state index in [-0.39, 0.29) is 11.4 Å². The van der Waals surface area contributed by atoms with Crippen molar-refractivity contribution in [3.8, 4) is 0 Å². The number of hydrogen-bond donors (Lipinski definition) is 2. The van der Waals surface area contributed by atoms with Crippen molar-refractivity contribution in [3.63, 3.8) is 0 Å². The number of aromatic nitrogens is 1. The summed E-state index contributed by atoms with van der Waals surface area (Å²) in [6.45, 7) is 10.1. The summed E-state index contributed by atoms with van der Waals surface area (Å²) in [5.74, 6) is 0.0919. The lowest BCUT2D eigenvalue weighted by Gasteiger charge is -2.40. The highest BCUT2D eigenvalue weighted by Gasteiger charge is 2.29. The Morgan fingerprint density at radius 1 is 1.50 bits per heavy atom. The van der Waals surface area contributed by atoms with Crippen molar-refractivity contribution in [2.75, 3.05) is 24.6 Å². The third-order valence-corrected chi connectivity index (χ3v) is 3.44. The molecule has 1 aromatic rings. The molecule has 0 radical (unpaired) electrons. The van der Waals surface area contributed by atoms with Gasteiger partial charge < -0.3 is 20.6 Å². The highest BCUT2D eigenvalue weighted by atomic mass is 16.5. The Bertz CT molecular complexity index is 540. The van der Waals surface area contributed by atoms with Gasteiger partial charge in [-0.15, -0.1) is 0 Å². The van der Waals surface area contributed by atoms with Crippen LogP contribution in [0.3, 0.4) is 0 Å². The van der Waals surface area contributed by atoms with Gasteiger partial charge in [0.1, 0.15) is 0 Å². The first-order chi connectivity index (χ1) is 9.34. The zero-order valence-corrected chi connectivity index (χ0v) is 12.5. The van der Waals surface area contributed by atoms with E-state index in [1.807, 2.05) is 19.9 Å². The van der Waals surface area contributed by atoms with E-state index >= 15 is 0 Å². The predicted octanol–water partition coefficient (Wildman–Crippen LogP) is 1.41. The van der Waals surface area contributed by atoms with Crippen LogP contribution in [0.5, 0.6) is 0 Å². The molecule has 0 bridgehead atoms. The van der Waals surface area contributed by atoms with Gasteiger partial charge in [0.05, 0.1) is 29.2 Å². The van der Waals surface area contributed by atoms with Gasteiger partial charge in [-0.2, -0.15) is 0 Å². The van der Waals surface area contributed by atoms with E-state index in [0.29, 0.717) is 12.2 Å². The normalized spacial score (nSPS) is 19.2. The van der Waals surface area contributed by atoms with Gasteiger partial charge in [-0.3, -0.25) is 4.98 Å². The van der Waals surface area contributed by atoms with E-state index in [1.165, 1.54) is 0 Å². The second kappa shape index (κ2) is 5.28. The summed E-state index contributed by atoms with van der Waals surface area (Å²) in [6, 6.07) is 1.97. The molecule has 3 N–H and O–H groups in total. The zero-order valence-electron chi connectivity index (χ0n) is 12.5. The minimum Gasteiger partial charge on any atom is -0.409 e. The first-order valence-corrected chi connectivity index (χ1v) is 6.69. The molecule has 0 spiro atoms. The molecule has 20 heavy (non-hydrogen) atoms. The van der Waals surface area contributed by atoms with Crippen molar-refractivity contribution in [1.82, 2.24) is 4.98 Å². The van der Waals surface area contributed by atoms with Crippen molar-refractivity contribution in [3.05, 3.63) is 23.0 Å². The highest BCUT2D eigenvalue weighted by molar-refractivity contribution is 6.03. The monoisotopic (exact) mass is 278 g/mol. The highest BCUT2D eigenvalue weighted by Crippen LogP contribution is 2.28. The van der Waals surface area contributed by atoms with Crippen LogP contribution in [0.15, 0.2) is 11.2 Å². The molecule has 0 amide bonds. The number of ether oxygens (including phenoxy) is 1. The van der Waals surface area contributed by atoms with Crippen LogP contribution in [0.2, 0.25) is 0 Å². The summed E-state index contributed by atoms with van der Waals surface area (Å²) >= 11 is 0. The minimum absolute atomic E-state index is 0.0919. The zero-order chi connectivity index (χ0) is 14.9. The van der Waals surface area contributed by atoms with Crippen LogP contribution in [0.25, 0.3) is 0 Å². The van der Waals surface area contributed by atoms with Crippen molar-refractivity contribution in [1.29, 1.82) is 0 Å². The van der Waals surface area contributed by atoms with Crippen LogP contribution in [0, 0.1) is 13.8 Å². The Hall–Kier alpha value is -1.82. The van der Waals surface area contributed by atoms with E-state index in [0.717, 1.165) is 30.2 Å². The van der Waals surface area contributed by atoms with E-state index in [1.54, 1.807) is 0 Å². The van der Waals surface area contributed by atoms with Gasteiger partial charge in [0.15, 0.2) is 5.84 Å². The number of rotatable bonds is 2. The maximum absolute atomic E-state index is 9.00. The van der Waals surface area contributed by atoms with Crippen molar-refractivity contribution < 1.29 is 9.94 Å². The summed E-state index contributed by atoms with van der Waals surface area (Å²) in [7, 11) is 0. The van der Waals surface area contributed by atoms with Gasteiger partial charge in [-0.1, -0.05) is 5.16 Å². The molecular weight excluding hydrogens is 256 g/mol. The smallest absolute Gasteiger partial charge is 0.174 e. The van der Waals surface area contributed by atoms with Crippen LogP contribution in [0.1, 0.15) is 30.8 Å². The maximum Gasteiger partial charge on any atom is 0.174 e. The molecule has 1 aliphatic rings. The largest absolute Gasteiger partial charge is 0.409 e. The number of aryl methyl sites for hydroxylation is 2. The topological polar surface area (TPSA) is 84.0 Å². The molecular formula is C14H22N4O2. The summed E-state index contributed by atoms with van der Waals surface area (Å²) in [5.41, 5.74) is 8.92. The lowest BCUT2D eigenvalue weighted by atomic mass is 10.0. The Kier molecular flexibility index (Phi) is 3.85. The number of hydrogen-bond acceptors (Lipinski definition) is 5. The summed E-state index contributed by atoms with van der Waals surface area (Å²) in [4.78, 5) is 6.61. The van der Waals surface area contributed by atoms with Gasteiger partial charge in [0, 0.05) is 18.8 Å². The van der Waals surface area contributed by atoms with Gasteiger partial charge in [0.25, 0.3) is 0 Å². The number of amidine groups is 1. The summed E-state index contributed by atoms with van der Waals surface area (Å²) in [5, 5.41) is 12.1. The van der Waals surface area contributed by atoms with E-state index in [4.69, 9.17) is 15.7 Å². The van der Waals surface area contributed by atoms with Gasteiger partial charge >= 0.3 is 0 Å². The number of nitrogens with zero attached hydrogens (tertiary/aromatic N) is 3. The summed E-state index contributed by atoms with van der Waals surface area (Å²) in [6.07, 6.45) is 0. The first-order valence-electron chi connectivity index (χ1n) is 6.69. The fraction of sp³-hybridized carbons (Fsp3) is 0.571. The number of morpholine rings is 1. The van der Waals surface area contributed by atoms with Crippen LogP contribution in [-0.2, 0) is 4.74 Å². The molecule has 2 rings (SSSR count). The first kappa shape index (κ1) is 14.6. The molecule has 0 atom stereocenters. The second-order valence-electron chi connectivity index (χ2n) is 5.76. The molecule has 1 aliphatic heterocycles. The van der Waals surface area contributed by atoms with E-state index in [9.17, 15) is 0 Å². The molecule has 1 saturated heterocycles. The van der Waals surface area contributed by atoms with Gasteiger partial charge in [-0.05, 0) is 33.8 Å². The number of nitrogens with two attached hydrogens (primary N) is 1. The number of pyridine rings is 1. The Balaban J connectivity index is 2.49. The van der Waals surface area contributed by atoms with Crippen LogP contribution >= 0.6 is 0 Å². The summed E-state index contributed by atoms with van der Waals surface area (Å²) < 4.78 is 5.74. The molecule has 0 aromatic carbocycles. The van der Waals surface area contributed by atoms with Crippen LogP contribution in [0.4, 0.5) is 5.69 Å². The molecule has 6 nitrogen and oxygen atoms in total. The molecule has 0 aliphatic carbocycles. The molecule has 0 saturated carbocycles.